The Labute approximate surface area is 108 Å². The Morgan fingerprint density at radius 2 is 2.00 bits per heavy atom. The van der Waals surface area contributed by atoms with Crippen molar-refractivity contribution in [2.45, 2.75) is 6.92 Å². The van der Waals surface area contributed by atoms with Crippen LogP contribution in [0.1, 0.15) is 5.56 Å². The third-order valence-corrected chi connectivity index (χ3v) is 2.91. The average Bonchev–Trinajstić information content (AvgIpc) is 2.31. The molecule has 4 nitrogen and oxygen atoms in total. The number of halogens is 1. The second-order valence-electron chi connectivity index (χ2n) is 3.36. The summed E-state index contributed by atoms with van der Waals surface area (Å²) in [7, 11) is 1.84. The van der Waals surface area contributed by atoms with E-state index in [-0.39, 0.29) is 0 Å². The van der Waals surface area contributed by atoms with Crippen LogP contribution in [-0.2, 0) is 0 Å². The van der Waals surface area contributed by atoms with Gasteiger partial charge in [-0.15, -0.1) is 0 Å². The second-order valence-corrected chi connectivity index (χ2v) is 4.52. The van der Waals surface area contributed by atoms with Crippen LogP contribution in [-0.4, -0.2) is 22.0 Å². The van der Waals surface area contributed by atoms with E-state index in [0.29, 0.717) is 5.82 Å². The highest BCUT2D eigenvalue weighted by molar-refractivity contribution is 14.1. The van der Waals surface area contributed by atoms with E-state index in [1.165, 1.54) is 0 Å². The maximum Gasteiger partial charge on any atom is 0.180 e. The van der Waals surface area contributed by atoms with Crippen molar-refractivity contribution in [3.8, 4) is 11.5 Å². The lowest BCUT2D eigenvalue weighted by Gasteiger charge is -2.04. The molecule has 2 rings (SSSR count). The molecular formula is C11H11IN4. The first kappa shape index (κ1) is 11.3. The zero-order valence-corrected chi connectivity index (χ0v) is 11.2. The third kappa shape index (κ3) is 2.29. The highest BCUT2D eigenvalue weighted by Gasteiger charge is 2.06. The zero-order chi connectivity index (χ0) is 11.5. The minimum atomic E-state index is 0.643. The highest BCUT2D eigenvalue weighted by Crippen LogP contribution is 2.18. The van der Waals surface area contributed by atoms with Gasteiger partial charge in [-0.05, 0) is 41.1 Å². The van der Waals surface area contributed by atoms with Crippen LogP contribution in [0.3, 0.4) is 0 Å². The number of hydrogen-bond acceptors (Lipinski definition) is 4. The predicted molar refractivity (Wildman–Crippen MR) is 72.3 cm³/mol. The largest absolute Gasteiger partial charge is 0.372 e. The molecule has 0 saturated heterocycles. The van der Waals surface area contributed by atoms with Gasteiger partial charge >= 0.3 is 0 Å². The molecule has 0 bridgehead atoms. The van der Waals surface area contributed by atoms with Crippen molar-refractivity contribution in [1.29, 1.82) is 0 Å². The van der Waals surface area contributed by atoms with Crippen molar-refractivity contribution in [3.05, 3.63) is 33.7 Å². The fourth-order valence-electron chi connectivity index (χ4n) is 1.27. The molecule has 0 amide bonds. The number of hydrogen-bond donors (Lipinski definition) is 1. The van der Waals surface area contributed by atoms with Gasteiger partial charge in [0.15, 0.2) is 5.82 Å². The first-order valence-electron chi connectivity index (χ1n) is 4.84. The highest BCUT2D eigenvalue weighted by atomic mass is 127. The summed E-state index contributed by atoms with van der Waals surface area (Å²) in [6.07, 6.45) is 3.60. The third-order valence-electron chi connectivity index (χ3n) is 2.12. The molecule has 0 spiro atoms. The van der Waals surface area contributed by atoms with Gasteiger partial charge in [0.25, 0.3) is 0 Å². The lowest BCUT2D eigenvalue weighted by molar-refractivity contribution is 1.12. The van der Waals surface area contributed by atoms with Gasteiger partial charge in [-0.3, -0.25) is 4.98 Å². The van der Waals surface area contributed by atoms with E-state index in [1.54, 1.807) is 6.20 Å². The van der Waals surface area contributed by atoms with Crippen LogP contribution in [0.2, 0.25) is 0 Å². The summed E-state index contributed by atoms with van der Waals surface area (Å²) in [4.78, 5) is 13.0. The molecule has 0 radical (unpaired) electrons. The van der Waals surface area contributed by atoms with Crippen molar-refractivity contribution < 1.29 is 0 Å². The van der Waals surface area contributed by atoms with Crippen molar-refractivity contribution in [2.24, 2.45) is 0 Å². The number of aryl methyl sites for hydroxylation is 1. The number of nitrogens with one attached hydrogen (secondary N) is 1. The fourth-order valence-corrected chi connectivity index (χ4v) is 1.80. The first-order valence-corrected chi connectivity index (χ1v) is 5.92. The Hall–Kier alpha value is -1.24. The van der Waals surface area contributed by atoms with E-state index in [4.69, 9.17) is 0 Å². The monoisotopic (exact) mass is 326 g/mol. The summed E-state index contributed by atoms with van der Waals surface area (Å²) < 4.78 is 0.996. The summed E-state index contributed by atoms with van der Waals surface area (Å²) in [6, 6.07) is 3.93. The molecule has 1 N–H and O–H groups in total. The van der Waals surface area contributed by atoms with Gasteiger partial charge in [-0.2, -0.15) is 0 Å². The number of pyridine rings is 1. The molecule has 2 heterocycles. The lowest BCUT2D eigenvalue weighted by Crippen LogP contribution is -2.00. The van der Waals surface area contributed by atoms with E-state index in [0.717, 1.165) is 20.6 Å². The van der Waals surface area contributed by atoms with E-state index < -0.39 is 0 Å². The predicted octanol–water partition coefficient (Wildman–Crippen LogP) is 2.49. The van der Waals surface area contributed by atoms with Crippen molar-refractivity contribution in [3.63, 3.8) is 0 Å². The molecule has 82 valence electrons. The SMILES string of the molecule is CNc1nc(-c2ccc(C)cn2)ncc1I. The molecular weight excluding hydrogens is 315 g/mol. The summed E-state index contributed by atoms with van der Waals surface area (Å²) in [5.74, 6) is 1.47. The molecule has 0 aromatic carbocycles. The van der Waals surface area contributed by atoms with Gasteiger partial charge < -0.3 is 5.32 Å². The normalized spacial score (nSPS) is 10.2. The molecule has 0 saturated carbocycles. The van der Waals surface area contributed by atoms with Crippen LogP contribution in [0.15, 0.2) is 24.5 Å². The van der Waals surface area contributed by atoms with Gasteiger partial charge in [0.2, 0.25) is 0 Å². The Kier molecular flexibility index (Phi) is 3.33. The van der Waals surface area contributed by atoms with Crippen LogP contribution in [0.4, 0.5) is 5.82 Å². The maximum atomic E-state index is 4.40. The Morgan fingerprint density at radius 1 is 1.19 bits per heavy atom. The molecule has 0 aliphatic heterocycles. The molecule has 2 aromatic rings. The van der Waals surface area contributed by atoms with Gasteiger partial charge in [-0.25, -0.2) is 9.97 Å². The van der Waals surface area contributed by atoms with Crippen molar-refractivity contribution in [2.75, 3.05) is 12.4 Å². The van der Waals surface area contributed by atoms with Gasteiger partial charge in [0.1, 0.15) is 11.5 Å². The average molecular weight is 326 g/mol. The van der Waals surface area contributed by atoms with E-state index in [2.05, 4.69) is 42.9 Å². The smallest absolute Gasteiger partial charge is 0.180 e. The Bertz CT molecular complexity index is 496. The Balaban J connectivity index is 2.44. The fraction of sp³-hybridized carbons (Fsp3) is 0.182. The molecule has 0 atom stereocenters. The van der Waals surface area contributed by atoms with Crippen LogP contribution in [0.5, 0.6) is 0 Å². The molecule has 5 heteroatoms. The molecule has 0 aliphatic rings. The van der Waals surface area contributed by atoms with Gasteiger partial charge in [-0.1, -0.05) is 6.07 Å². The number of aromatic nitrogens is 3. The van der Waals surface area contributed by atoms with Crippen molar-refractivity contribution >= 4 is 28.4 Å². The molecule has 2 aromatic heterocycles. The Morgan fingerprint density at radius 3 is 2.62 bits per heavy atom. The van der Waals surface area contributed by atoms with Crippen molar-refractivity contribution in [1.82, 2.24) is 15.0 Å². The summed E-state index contributed by atoms with van der Waals surface area (Å²) >= 11 is 2.19. The summed E-state index contributed by atoms with van der Waals surface area (Å²) in [6.45, 7) is 2.00. The second kappa shape index (κ2) is 4.73. The quantitative estimate of drug-likeness (QED) is 0.862. The molecule has 0 unspecified atom stereocenters. The zero-order valence-electron chi connectivity index (χ0n) is 9.03. The van der Waals surface area contributed by atoms with E-state index >= 15 is 0 Å². The van der Waals surface area contributed by atoms with E-state index in [9.17, 15) is 0 Å². The van der Waals surface area contributed by atoms with Gasteiger partial charge in [0, 0.05) is 19.4 Å². The van der Waals surface area contributed by atoms with Crippen LogP contribution >= 0.6 is 22.6 Å². The standard InChI is InChI=1S/C11H11IN4/c1-7-3-4-9(14-5-7)11-15-6-8(12)10(13-2)16-11/h3-6H,1-2H3,(H,13,15,16). The molecule has 0 fully saturated rings. The minimum Gasteiger partial charge on any atom is -0.372 e. The first-order chi connectivity index (χ1) is 7.70. The van der Waals surface area contributed by atoms with Crippen LogP contribution in [0, 0.1) is 10.5 Å². The number of nitrogens with zero attached hydrogens (tertiary/aromatic N) is 3. The number of rotatable bonds is 2. The maximum absolute atomic E-state index is 4.40. The van der Waals surface area contributed by atoms with Crippen LogP contribution in [0.25, 0.3) is 11.5 Å². The molecule has 0 aliphatic carbocycles. The summed E-state index contributed by atoms with van der Waals surface area (Å²) in [5.41, 5.74) is 1.92. The topological polar surface area (TPSA) is 50.7 Å². The van der Waals surface area contributed by atoms with Gasteiger partial charge in [0.05, 0.1) is 3.57 Å². The number of anilines is 1. The van der Waals surface area contributed by atoms with E-state index in [1.807, 2.05) is 32.3 Å². The van der Waals surface area contributed by atoms with Crippen LogP contribution < -0.4 is 5.32 Å². The summed E-state index contributed by atoms with van der Waals surface area (Å²) in [5, 5.41) is 3.03. The molecule has 16 heavy (non-hydrogen) atoms. The lowest BCUT2D eigenvalue weighted by atomic mass is 10.2. The minimum absolute atomic E-state index is 0.643.